The highest BCUT2D eigenvalue weighted by atomic mass is 32.2. The predicted molar refractivity (Wildman–Crippen MR) is 71.8 cm³/mol. The Bertz CT molecular complexity index is 529. The molecule has 0 aromatic heterocycles. The van der Waals surface area contributed by atoms with Gasteiger partial charge in [0.25, 0.3) is 0 Å². The highest BCUT2D eigenvalue weighted by molar-refractivity contribution is 7.89. The molecular formula is C12H19NO5S. The molecule has 2 atom stereocenters. The van der Waals surface area contributed by atoms with Gasteiger partial charge in [-0.3, -0.25) is 0 Å². The van der Waals surface area contributed by atoms with Gasteiger partial charge >= 0.3 is 0 Å². The Balaban J connectivity index is 2.93. The average molecular weight is 289 g/mol. The lowest BCUT2D eigenvalue weighted by Crippen LogP contribution is -2.37. The Morgan fingerprint density at radius 2 is 1.95 bits per heavy atom. The van der Waals surface area contributed by atoms with E-state index in [2.05, 4.69) is 0 Å². The van der Waals surface area contributed by atoms with Crippen LogP contribution < -0.4 is 14.6 Å². The maximum atomic E-state index is 11.2. The molecule has 1 aromatic carbocycles. The fourth-order valence-electron chi connectivity index (χ4n) is 1.63. The second-order valence-corrected chi connectivity index (χ2v) is 6.17. The molecular weight excluding hydrogens is 270 g/mol. The summed E-state index contributed by atoms with van der Waals surface area (Å²) in [7, 11) is -0.742. The third kappa shape index (κ3) is 4.09. The molecule has 0 spiro atoms. The van der Waals surface area contributed by atoms with Crippen LogP contribution in [0.3, 0.4) is 0 Å². The van der Waals surface area contributed by atoms with Crippen molar-refractivity contribution in [3.8, 4) is 11.5 Å². The van der Waals surface area contributed by atoms with Crippen molar-refractivity contribution in [2.45, 2.75) is 24.7 Å². The fourth-order valence-corrected chi connectivity index (χ4v) is 2.16. The number of methoxy groups -OCH3 is 2. The number of aliphatic hydroxyl groups is 1. The molecule has 2 unspecified atom stereocenters. The monoisotopic (exact) mass is 289 g/mol. The smallest absolute Gasteiger partial charge is 0.214 e. The van der Waals surface area contributed by atoms with Crippen molar-refractivity contribution in [1.29, 1.82) is 0 Å². The standard InChI is InChI=1S/C12H19NO5S/c1-8(19(13,15)16)11(14)6-9-4-5-10(17-2)7-12(9)18-3/h4-5,7-8,11,14H,6H2,1-3H3,(H2,13,15,16). The van der Waals surface area contributed by atoms with Gasteiger partial charge in [0.15, 0.2) is 0 Å². The molecule has 0 fully saturated rings. The normalized spacial score (nSPS) is 14.8. The minimum atomic E-state index is -3.77. The lowest BCUT2D eigenvalue weighted by Gasteiger charge is -2.18. The van der Waals surface area contributed by atoms with E-state index in [0.29, 0.717) is 17.1 Å². The quantitative estimate of drug-likeness (QED) is 0.784. The number of ether oxygens (including phenoxy) is 2. The molecule has 19 heavy (non-hydrogen) atoms. The van der Waals surface area contributed by atoms with Crippen LogP contribution in [-0.2, 0) is 16.4 Å². The van der Waals surface area contributed by atoms with Gasteiger partial charge in [-0.05, 0) is 18.6 Å². The van der Waals surface area contributed by atoms with Crippen LogP contribution in [-0.4, -0.2) is 39.1 Å². The minimum absolute atomic E-state index is 0.130. The second-order valence-electron chi connectivity index (χ2n) is 4.24. The van der Waals surface area contributed by atoms with Crippen LogP contribution in [0.5, 0.6) is 11.5 Å². The largest absolute Gasteiger partial charge is 0.497 e. The summed E-state index contributed by atoms with van der Waals surface area (Å²) in [6, 6.07) is 5.10. The lowest BCUT2D eigenvalue weighted by molar-refractivity contribution is 0.172. The number of primary sulfonamides is 1. The van der Waals surface area contributed by atoms with Crippen LogP contribution in [0.4, 0.5) is 0 Å². The maximum absolute atomic E-state index is 11.2. The number of hydrogen-bond donors (Lipinski definition) is 2. The maximum Gasteiger partial charge on any atom is 0.214 e. The van der Waals surface area contributed by atoms with Gasteiger partial charge in [0.05, 0.1) is 25.6 Å². The van der Waals surface area contributed by atoms with E-state index in [-0.39, 0.29) is 6.42 Å². The summed E-state index contributed by atoms with van der Waals surface area (Å²) in [5.41, 5.74) is 0.686. The van der Waals surface area contributed by atoms with Gasteiger partial charge in [0.1, 0.15) is 11.5 Å². The SMILES string of the molecule is COc1ccc(CC(O)C(C)S(N)(=O)=O)c(OC)c1. The third-order valence-electron chi connectivity index (χ3n) is 2.98. The highest BCUT2D eigenvalue weighted by Crippen LogP contribution is 2.26. The van der Waals surface area contributed by atoms with Crippen molar-refractivity contribution in [2.75, 3.05) is 14.2 Å². The number of sulfonamides is 1. The van der Waals surface area contributed by atoms with Crippen LogP contribution in [0, 0.1) is 0 Å². The molecule has 0 aliphatic heterocycles. The van der Waals surface area contributed by atoms with E-state index < -0.39 is 21.4 Å². The summed E-state index contributed by atoms with van der Waals surface area (Å²) >= 11 is 0. The molecule has 6 nitrogen and oxygen atoms in total. The summed E-state index contributed by atoms with van der Waals surface area (Å²) < 4.78 is 32.6. The van der Waals surface area contributed by atoms with Crippen LogP contribution in [0.1, 0.15) is 12.5 Å². The van der Waals surface area contributed by atoms with Gasteiger partial charge in [-0.1, -0.05) is 6.07 Å². The Kier molecular flexibility index (Phi) is 5.16. The van der Waals surface area contributed by atoms with E-state index in [1.165, 1.54) is 21.1 Å². The number of nitrogens with two attached hydrogens (primary N) is 1. The van der Waals surface area contributed by atoms with Gasteiger partial charge in [-0.2, -0.15) is 0 Å². The molecule has 3 N–H and O–H groups in total. The highest BCUT2D eigenvalue weighted by Gasteiger charge is 2.25. The van der Waals surface area contributed by atoms with Crippen LogP contribution in [0.2, 0.25) is 0 Å². The molecule has 0 radical (unpaired) electrons. The van der Waals surface area contributed by atoms with E-state index in [4.69, 9.17) is 14.6 Å². The van der Waals surface area contributed by atoms with Crippen molar-refractivity contribution in [1.82, 2.24) is 0 Å². The minimum Gasteiger partial charge on any atom is -0.497 e. The van der Waals surface area contributed by atoms with E-state index in [0.717, 1.165) is 0 Å². The summed E-state index contributed by atoms with van der Waals surface area (Å²) in [4.78, 5) is 0. The lowest BCUT2D eigenvalue weighted by atomic mass is 10.0. The first-order valence-corrected chi connectivity index (χ1v) is 7.31. The third-order valence-corrected chi connectivity index (χ3v) is 4.33. The topological polar surface area (TPSA) is 98.9 Å². The molecule has 7 heteroatoms. The van der Waals surface area contributed by atoms with Crippen molar-refractivity contribution >= 4 is 10.0 Å². The zero-order chi connectivity index (χ0) is 14.6. The first-order valence-electron chi connectivity index (χ1n) is 5.70. The van der Waals surface area contributed by atoms with Gasteiger partial charge in [0, 0.05) is 12.5 Å². The molecule has 0 aliphatic carbocycles. The molecule has 0 saturated carbocycles. The van der Waals surface area contributed by atoms with Crippen molar-refractivity contribution < 1.29 is 23.0 Å². The summed E-state index contributed by atoms with van der Waals surface area (Å²) in [6.45, 7) is 1.37. The Morgan fingerprint density at radius 3 is 2.42 bits per heavy atom. The Hall–Kier alpha value is -1.31. The number of benzene rings is 1. The number of hydrogen-bond acceptors (Lipinski definition) is 5. The van der Waals surface area contributed by atoms with Crippen LogP contribution in [0.25, 0.3) is 0 Å². The van der Waals surface area contributed by atoms with Crippen LogP contribution in [0.15, 0.2) is 18.2 Å². The number of rotatable bonds is 6. The van der Waals surface area contributed by atoms with Gasteiger partial charge < -0.3 is 14.6 Å². The fraction of sp³-hybridized carbons (Fsp3) is 0.500. The van der Waals surface area contributed by atoms with E-state index in [1.807, 2.05) is 0 Å². The summed E-state index contributed by atoms with van der Waals surface area (Å²) in [5.74, 6) is 1.15. The van der Waals surface area contributed by atoms with Crippen LogP contribution >= 0.6 is 0 Å². The molecule has 0 amide bonds. The Labute approximate surface area is 113 Å². The summed E-state index contributed by atoms with van der Waals surface area (Å²) in [5, 5.41) is 13.9. The number of aliphatic hydroxyl groups excluding tert-OH is 1. The molecule has 0 bridgehead atoms. The molecule has 1 rings (SSSR count). The van der Waals surface area contributed by atoms with E-state index in [1.54, 1.807) is 18.2 Å². The van der Waals surface area contributed by atoms with Gasteiger partial charge in [-0.15, -0.1) is 0 Å². The zero-order valence-corrected chi connectivity index (χ0v) is 12.0. The second kappa shape index (κ2) is 6.23. The predicted octanol–water partition coefficient (Wildman–Crippen LogP) is 0.284. The van der Waals surface area contributed by atoms with Gasteiger partial charge in [0.2, 0.25) is 10.0 Å². The molecule has 1 aromatic rings. The van der Waals surface area contributed by atoms with E-state index in [9.17, 15) is 13.5 Å². The Morgan fingerprint density at radius 1 is 1.32 bits per heavy atom. The molecule has 108 valence electrons. The first kappa shape index (κ1) is 15.7. The summed E-state index contributed by atoms with van der Waals surface area (Å²) in [6.07, 6.45) is -0.970. The molecule has 0 heterocycles. The molecule has 0 saturated heterocycles. The van der Waals surface area contributed by atoms with Crippen molar-refractivity contribution in [3.63, 3.8) is 0 Å². The van der Waals surface area contributed by atoms with Crippen molar-refractivity contribution in [3.05, 3.63) is 23.8 Å². The van der Waals surface area contributed by atoms with Gasteiger partial charge in [-0.25, -0.2) is 13.6 Å². The molecule has 0 aliphatic rings. The van der Waals surface area contributed by atoms with E-state index >= 15 is 0 Å². The average Bonchev–Trinajstić information content (AvgIpc) is 2.37. The first-order chi connectivity index (χ1) is 8.79. The van der Waals surface area contributed by atoms with Crippen molar-refractivity contribution in [2.24, 2.45) is 5.14 Å². The zero-order valence-electron chi connectivity index (χ0n) is 11.2.